The first-order valence-corrected chi connectivity index (χ1v) is 7.96. The summed E-state index contributed by atoms with van der Waals surface area (Å²) in [6.07, 6.45) is 0. The van der Waals surface area contributed by atoms with Gasteiger partial charge >= 0.3 is 0 Å². The molecular weight excluding hydrogens is 300 g/mol. The number of anilines is 1. The maximum atomic E-state index is 12.4. The van der Waals surface area contributed by atoms with Crippen LogP contribution in [-0.4, -0.2) is 24.7 Å². The standard InChI is InChI=1S/C13H21ClN2O3S/c1-8-10(14)6-9(7-11(8)15)20(18,19)16-12(2,3)13(4,5)17/h6-7,16-17H,15H2,1-5H3. The zero-order valence-electron chi connectivity index (χ0n) is 12.3. The van der Waals surface area contributed by atoms with Crippen molar-refractivity contribution in [1.29, 1.82) is 0 Å². The minimum absolute atomic E-state index is 0.0251. The first kappa shape index (κ1) is 17.2. The van der Waals surface area contributed by atoms with Crippen molar-refractivity contribution in [1.82, 2.24) is 4.72 Å². The fourth-order valence-corrected chi connectivity index (χ4v) is 3.24. The molecule has 5 nitrogen and oxygen atoms in total. The van der Waals surface area contributed by atoms with Crippen LogP contribution in [0.5, 0.6) is 0 Å². The molecule has 7 heteroatoms. The Kier molecular flexibility index (Phi) is 4.46. The Morgan fingerprint density at radius 1 is 1.25 bits per heavy atom. The van der Waals surface area contributed by atoms with Crippen molar-refractivity contribution >= 4 is 27.3 Å². The van der Waals surface area contributed by atoms with Crippen LogP contribution in [0.1, 0.15) is 33.3 Å². The Bertz CT molecular complexity index is 596. The second kappa shape index (κ2) is 5.18. The van der Waals surface area contributed by atoms with Crippen LogP contribution in [0.25, 0.3) is 0 Å². The number of sulfonamides is 1. The summed E-state index contributed by atoms with van der Waals surface area (Å²) in [4.78, 5) is -0.0251. The van der Waals surface area contributed by atoms with Gasteiger partial charge in [0, 0.05) is 10.7 Å². The number of nitrogens with one attached hydrogen (secondary N) is 1. The number of aliphatic hydroxyl groups is 1. The summed E-state index contributed by atoms with van der Waals surface area (Å²) in [5.74, 6) is 0. The fraction of sp³-hybridized carbons (Fsp3) is 0.538. The van der Waals surface area contributed by atoms with Crippen LogP contribution in [0.3, 0.4) is 0 Å². The molecule has 0 radical (unpaired) electrons. The van der Waals surface area contributed by atoms with E-state index in [1.165, 1.54) is 26.0 Å². The van der Waals surface area contributed by atoms with Crippen LogP contribution in [0.4, 0.5) is 5.69 Å². The van der Waals surface area contributed by atoms with E-state index in [9.17, 15) is 13.5 Å². The van der Waals surface area contributed by atoms with E-state index < -0.39 is 21.2 Å². The molecule has 20 heavy (non-hydrogen) atoms. The molecule has 0 aliphatic rings. The molecule has 0 amide bonds. The Balaban J connectivity index is 3.26. The molecule has 0 unspecified atom stereocenters. The van der Waals surface area contributed by atoms with Crippen molar-refractivity contribution in [3.63, 3.8) is 0 Å². The van der Waals surface area contributed by atoms with Crippen LogP contribution in [0.15, 0.2) is 17.0 Å². The van der Waals surface area contributed by atoms with Crippen LogP contribution in [0, 0.1) is 6.92 Å². The van der Waals surface area contributed by atoms with E-state index in [2.05, 4.69) is 4.72 Å². The highest BCUT2D eigenvalue weighted by molar-refractivity contribution is 7.89. The third-order valence-electron chi connectivity index (χ3n) is 3.59. The minimum Gasteiger partial charge on any atom is -0.398 e. The Labute approximate surface area is 125 Å². The van der Waals surface area contributed by atoms with Gasteiger partial charge in [-0.1, -0.05) is 11.6 Å². The lowest BCUT2D eigenvalue weighted by Crippen LogP contribution is -2.57. The molecule has 114 valence electrons. The number of hydrogen-bond donors (Lipinski definition) is 3. The summed E-state index contributed by atoms with van der Waals surface area (Å²) in [5.41, 5.74) is 4.38. The molecule has 0 spiro atoms. The largest absolute Gasteiger partial charge is 0.398 e. The first-order chi connectivity index (χ1) is 8.78. The molecule has 0 aliphatic heterocycles. The van der Waals surface area contributed by atoms with Gasteiger partial charge in [0.2, 0.25) is 10.0 Å². The molecule has 1 aromatic carbocycles. The number of rotatable bonds is 4. The zero-order valence-corrected chi connectivity index (χ0v) is 13.9. The van der Waals surface area contributed by atoms with Gasteiger partial charge in [-0.15, -0.1) is 0 Å². The molecule has 0 fully saturated rings. The SMILES string of the molecule is Cc1c(N)cc(S(=O)(=O)NC(C)(C)C(C)(C)O)cc1Cl. The van der Waals surface area contributed by atoms with Gasteiger partial charge in [0.25, 0.3) is 0 Å². The summed E-state index contributed by atoms with van der Waals surface area (Å²) in [5, 5.41) is 10.3. The molecule has 0 bridgehead atoms. The molecule has 1 rings (SSSR count). The molecular formula is C13H21ClN2O3S. The van der Waals surface area contributed by atoms with Crippen molar-refractivity contribution in [2.24, 2.45) is 0 Å². The number of benzene rings is 1. The maximum Gasteiger partial charge on any atom is 0.241 e. The highest BCUT2D eigenvalue weighted by Gasteiger charge is 2.39. The predicted octanol–water partition coefficient (Wildman–Crippen LogP) is 2.06. The number of halogens is 1. The monoisotopic (exact) mass is 320 g/mol. The third-order valence-corrected chi connectivity index (χ3v) is 5.62. The normalized spacial score (nSPS) is 13.6. The quantitative estimate of drug-likeness (QED) is 0.740. The summed E-state index contributed by atoms with van der Waals surface area (Å²) < 4.78 is 27.2. The van der Waals surface area contributed by atoms with Crippen molar-refractivity contribution in [2.75, 3.05) is 5.73 Å². The number of nitrogen functional groups attached to an aromatic ring is 1. The van der Waals surface area contributed by atoms with E-state index in [1.807, 2.05) is 0 Å². The Morgan fingerprint density at radius 3 is 2.15 bits per heavy atom. The zero-order chi connectivity index (χ0) is 15.9. The lowest BCUT2D eigenvalue weighted by molar-refractivity contribution is 0.00639. The molecule has 1 aromatic rings. The van der Waals surface area contributed by atoms with Gasteiger partial charge in [-0.25, -0.2) is 13.1 Å². The van der Waals surface area contributed by atoms with Gasteiger partial charge in [-0.05, 0) is 52.3 Å². The van der Waals surface area contributed by atoms with Gasteiger partial charge in [-0.2, -0.15) is 0 Å². The average molecular weight is 321 g/mol. The number of nitrogens with two attached hydrogens (primary N) is 1. The van der Waals surface area contributed by atoms with E-state index in [0.29, 0.717) is 11.3 Å². The number of hydrogen-bond acceptors (Lipinski definition) is 4. The van der Waals surface area contributed by atoms with E-state index in [-0.39, 0.29) is 9.92 Å². The molecule has 0 aromatic heterocycles. The highest BCUT2D eigenvalue weighted by Crippen LogP contribution is 2.28. The molecule has 0 saturated heterocycles. The van der Waals surface area contributed by atoms with E-state index in [4.69, 9.17) is 17.3 Å². The highest BCUT2D eigenvalue weighted by atomic mass is 35.5. The second-order valence-electron chi connectivity index (χ2n) is 5.91. The average Bonchev–Trinajstić information content (AvgIpc) is 2.22. The lowest BCUT2D eigenvalue weighted by Gasteiger charge is -2.37. The summed E-state index contributed by atoms with van der Waals surface area (Å²) in [7, 11) is -3.84. The summed E-state index contributed by atoms with van der Waals surface area (Å²) in [6, 6.07) is 2.69. The molecule has 0 saturated carbocycles. The van der Waals surface area contributed by atoms with Crippen LogP contribution in [-0.2, 0) is 10.0 Å². The third kappa shape index (κ3) is 3.44. The van der Waals surface area contributed by atoms with Gasteiger partial charge < -0.3 is 10.8 Å². The Hall–Kier alpha value is -0.820. The van der Waals surface area contributed by atoms with Gasteiger partial charge in [-0.3, -0.25) is 0 Å². The van der Waals surface area contributed by atoms with E-state index in [0.717, 1.165) is 0 Å². The molecule has 0 heterocycles. The minimum atomic E-state index is -3.84. The lowest BCUT2D eigenvalue weighted by atomic mass is 9.87. The molecule has 4 N–H and O–H groups in total. The Morgan fingerprint density at radius 2 is 1.75 bits per heavy atom. The smallest absolute Gasteiger partial charge is 0.241 e. The van der Waals surface area contributed by atoms with E-state index >= 15 is 0 Å². The fourth-order valence-electron chi connectivity index (χ4n) is 1.35. The van der Waals surface area contributed by atoms with Gasteiger partial charge in [0.05, 0.1) is 16.0 Å². The molecule has 0 aliphatic carbocycles. The van der Waals surface area contributed by atoms with Crippen molar-refractivity contribution in [3.05, 3.63) is 22.7 Å². The first-order valence-electron chi connectivity index (χ1n) is 6.10. The van der Waals surface area contributed by atoms with Crippen molar-refractivity contribution in [2.45, 2.75) is 50.7 Å². The predicted molar refractivity (Wildman–Crippen MR) is 81.3 cm³/mol. The summed E-state index contributed by atoms with van der Waals surface area (Å²) >= 11 is 5.96. The second-order valence-corrected chi connectivity index (χ2v) is 8.00. The maximum absolute atomic E-state index is 12.4. The van der Waals surface area contributed by atoms with Gasteiger partial charge in [0.15, 0.2) is 0 Å². The van der Waals surface area contributed by atoms with Crippen LogP contribution < -0.4 is 10.5 Å². The van der Waals surface area contributed by atoms with Crippen molar-refractivity contribution < 1.29 is 13.5 Å². The van der Waals surface area contributed by atoms with Crippen LogP contribution in [0.2, 0.25) is 5.02 Å². The summed E-state index contributed by atoms with van der Waals surface area (Å²) in [6.45, 7) is 7.98. The van der Waals surface area contributed by atoms with Crippen molar-refractivity contribution in [3.8, 4) is 0 Å². The van der Waals surface area contributed by atoms with Gasteiger partial charge in [0.1, 0.15) is 0 Å². The van der Waals surface area contributed by atoms with Crippen LogP contribution >= 0.6 is 11.6 Å². The topological polar surface area (TPSA) is 92.4 Å². The molecule has 0 atom stereocenters. The van der Waals surface area contributed by atoms with E-state index in [1.54, 1.807) is 20.8 Å².